The van der Waals surface area contributed by atoms with Crippen LogP contribution in [-0.4, -0.2) is 50.7 Å². The van der Waals surface area contributed by atoms with E-state index in [2.05, 4.69) is 4.98 Å². The standard InChI is InChI=1S/C18H17N3O6S2/c1-27-8-7-20(18-19-15-5-3-4-6-16(15)28-18)17(22)12-9-13(21(23)24)11-14(10-12)29(2,25)26/h3-6,9-11H,7-8H2,1-2H3. The summed E-state index contributed by atoms with van der Waals surface area (Å²) in [5.41, 5.74) is 0.112. The summed E-state index contributed by atoms with van der Waals surface area (Å²) in [6.45, 7) is 0.349. The zero-order valence-electron chi connectivity index (χ0n) is 15.6. The number of benzene rings is 2. The Hall–Kier alpha value is -2.89. The van der Waals surface area contributed by atoms with Gasteiger partial charge in [-0.25, -0.2) is 13.4 Å². The number of anilines is 1. The Kier molecular flexibility index (Phi) is 5.91. The predicted octanol–water partition coefficient (Wildman–Crippen LogP) is 2.90. The first-order chi connectivity index (χ1) is 13.7. The Labute approximate surface area is 170 Å². The fourth-order valence-electron chi connectivity index (χ4n) is 2.62. The van der Waals surface area contributed by atoms with Crippen molar-refractivity contribution in [1.29, 1.82) is 0 Å². The molecule has 0 saturated heterocycles. The molecule has 0 spiro atoms. The molecule has 0 saturated carbocycles. The Balaban J connectivity index is 2.10. The molecule has 0 aliphatic rings. The van der Waals surface area contributed by atoms with Gasteiger partial charge in [-0.15, -0.1) is 0 Å². The first-order valence-corrected chi connectivity index (χ1v) is 11.1. The molecule has 1 amide bonds. The van der Waals surface area contributed by atoms with E-state index in [1.807, 2.05) is 24.3 Å². The third kappa shape index (κ3) is 4.58. The van der Waals surface area contributed by atoms with Crippen molar-refractivity contribution in [1.82, 2.24) is 4.98 Å². The zero-order chi connectivity index (χ0) is 21.2. The van der Waals surface area contributed by atoms with Gasteiger partial charge < -0.3 is 4.74 Å². The second kappa shape index (κ2) is 8.23. The SMILES string of the molecule is COCCN(C(=O)c1cc([N+](=O)[O-])cc(S(C)(=O)=O)c1)c1nc2ccccc2s1. The molecule has 152 valence electrons. The minimum Gasteiger partial charge on any atom is -0.383 e. The molecule has 3 aromatic rings. The largest absolute Gasteiger partial charge is 0.383 e. The molecule has 0 radical (unpaired) electrons. The molecule has 1 heterocycles. The molecule has 0 unspecified atom stereocenters. The number of nitro benzene ring substituents is 1. The van der Waals surface area contributed by atoms with E-state index in [0.29, 0.717) is 10.6 Å². The smallest absolute Gasteiger partial charge is 0.271 e. The Bertz CT molecular complexity index is 1160. The van der Waals surface area contributed by atoms with Crippen LogP contribution in [0.3, 0.4) is 0 Å². The number of rotatable bonds is 7. The normalized spacial score (nSPS) is 11.5. The van der Waals surface area contributed by atoms with Crippen molar-refractivity contribution < 1.29 is 22.9 Å². The number of hydrogen-bond acceptors (Lipinski definition) is 8. The van der Waals surface area contributed by atoms with E-state index in [4.69, 9.17) is 4.74 Å². The predicted molar refractivity (Wildman–Crippen MR) is 109 cm³/mol. The molecule has 0 atom stereocenters. The third-order valence-electron chi connectivity index (χ3n) is 4.05. The molecule has 1 aromatic heterocycles. The number of para-hydroxylation sites is 1. The summed E-state index contributed by atoms with van der Waals surface area (Å²) in [6.07, 6.45) is 0.927. The van der Waals surface area contributed by atoms with Crippen LogP contribution in [0.15, 0.2) is 47.4 Å². The van der Waals surface area contributed by atoms with E-state index in [-0.39, 0.29) is 23.6 Å². The fraction of sp³-hybridized carbons (Fsp3) is 0.222. The molecule has 0 fully saturated rings. The lowest BCUT2D eigenvalue weighted by Gasteiger charge is -2.19. The summed E-state index contributed by atoms with van der Waals surface area (Å²) in [4.78, 5) is 29.2. The van der Waals surface area contributed by atoms with Crippen molar-refractivity contribution in [2.75, 3.05) is 31.4 Å². The van der Waals surface area contributed by atoms with Gasteiger partial charge >= 0.3 is 0 Å². The Morgan fingerprint density at radius 2 is 2.00 bits per heavy atom. The van der Waals surface area contributed by atoms with Crippen LogP contribution in [0.4, 0.5) is 10.8 Å². The highest BCUT2D eigenvalue weighted by Gasteiger charge is 2.25. The summed E-state index contributed by atoms with van der Waals surface area (Å²) in [5.74, 6) is -0.602. The molecule has 3 rings (SSSR count). The molecule has 9 nitrogen and oxygen atoms in total. The van der Waals surface area contributed by atoms with E-state index in [0.717, 1.165) is 29.2 Å². The summed E-state index contributed by atoms with van der Waals surface area (Å²) >= 11 is 1.29. The number of carbonyl (C=O) groups is 1. The minimum absolute atomic E-state index is 0.116. The Morgan fingerprint density at radius 3 is 2.62 bits per heavy atom. The van der Waals surface area contributed by atoms with Crippen LogP contribution in [0.5, 0.6) is 0 Å². The number of ether oxygens (including phenoxy) is 1. The second-order valence-corrected chi connectivity index (χ2v) is 9.18. The number of thiazole rings is 1. The highest BCUT2D eigenvalue weighted by Crippen LogP contribution is 2.30. The topological polar surface area (TPSA) is 120 Å². The van der Waals surface area contributed by atoms with E-state index in [1.54, 1.807) is 0 Å². The average Bonchev–Trinajstić information content (AvgIpc) is 3.10. The van der Waals surface area contributed by atoms with Crippen molar-refractivity contribution in [3.05, 3.63) is 58.1 Å². The lowest BCUT2D eigenvalue weighted by atomic mass is 10.1. The van der Waals surface area contributed by atoms with Gasteiger partial charge in [0.25, 0.3) is 11.6 Å². The van der Waals surface area contributed by atoms with Crippen LogP contribution >= 0.6 is 11.3 Å². The van der Waals surface area contributed by atoms with Gasteiger partial charge in [0, 0.05) is 31.1 Å². The number of methoxy groups -OCH3 is 1. The Morgan fingerprint density at radius 1 is 1.28 bits per heavy atom. The molecule has 2 aromatic carbocycles. The van der Waals surface area contributed by atoms with Crippen LogP contribution in [0.1, 0.15) is 10.4 Å². The number of nitrogens with zero attached hydrogens (tertiary/aromatic N) is 3. The van der Waals surface area contributed by atoms with Gasteiger partial charge in [0.1, 0.15) is 0 Å². The maximum Gasteiger partial charge on any atom is 0.271 e. The first kappa shape index (κ1) is 20.8. The number of nitro groups is 1. The lowest BCUT2D eigenvalue weighted by Crippen LogP contribution is -2.34. The molecular formula is C18H17N3O6S2. The zero-order valence-corrected chi connectivity index (χ0v) is 17.2. The number of aromatic nitrogens is 1. The first-order valence-electron chi connectivity index (χ1n) is 8.36. The third-order valence-corrected chi connectivity index (χ3v) is 6.21. The van der Waals surface area contributed by atoms with E-state index < -0.39 is 26.4 Å². The van der Waals surface area contributed by atoms with Crippen molar-refractivity contribution in [2.45, 2.75) is 4.90 Å². The highest BCUT2D eigenvalue weighted by atomic mass is 32.2. The molecular weight excluding hydrogens is 418 g/mol. The van der Waals surface area contributed by atoms with E-state index >= 15 is 0 Å². The van der Waals surface area contributed by atoms with Crippen molar-refractivity contribution in [3.8, 4) is 0 Å². The maximum absolute atomic E-state index is 13.2. The van der Waals surface area contributed by atoms with Gasteiger partial charge in [-0.1, -0.05) is 23.5 Å². The van der Waals surface area contributed by atoms with Crippen molar-refractivity contribution in [3.63, 3.8) is 0 Å². The maximum atomic E-state index is 13.2. The molecule has 0 aliphatic heterocycles. The van der Waals surface area contributed by atoms with Gasteiger partial charge in [-0.3, -0.25) is 19.8 Å². The fourth-order valence-corrected chi connectivity index (χ4v) is 4.29. The summed E-state index contributed by atoms with van der Waals surface area (Å²) in [5, 5.41) is 11.6. The van der Waals surface area contributed by atoms with Gasteiger partial charge in [0.05, 0.1) is 33.2 Å². The molecule has 11 heteroatoms. The van der Waals surface area contributed by atoms with Crippen LogP contribution < -0.4 is 4.90 Å². The van der Waals surface area contributed by atoms with Gasteiger partial charge in [0.15, 0.2) is 15.0 Å². The molecule has 29 heavy (non-hydrogen) atoms. The minimum atomic E-state index is -3.76. The summed E-state index contributed by atoms with van der Waals surface area (Å²) in [7, 11) is -2.27. The lowest BCUT2D eigenvalue weighted by molar-refractivity contribution is -0.385. The highest BCUT2D eigenvalue weighted by molar-refractivity contribution is 7.90. The number of sulfone groups is 1. The molecule has 0 aliphatic carbocycles. The van der Waals surface area contributed by atoms with E-state index in [1.165, 1.54) is 23.3 Å². The number of non-ortho nitro benzene ring substituents is 1. The number of hydrogen-bond donors (Lipinski definition) is 0. The molecule has 0 bridgehead atoms. The number of amides is 1. The van der Waals surface area contributed by atoms with E-state index in [9.17, 15) is 23.3 Å². The van der Waals surface area contributed by atoms with Crippen LogP contribution in [0.2, 0.25) is 0 Å². The van der Waals surface area contributed by atoms with Crippen LogP contribution in [0.25, 0.3) is 10.2 Å². The summed E-state index contributed by atoms with van der Waals surface area (Å²) in [6, 6.07) is 10.5. The average molecular weight is 435 g/mol. The summed E-state index contributed by atoms with van der Waals surface area (Å²) < 4.78 is 29.8. The van der Waals surface area contributed by atoms with Crippen LogP contribution in [-0.2, 0) is 14.6 Å². The second-order valence-electron chi connectivity index (χ2n) is 6.16. The molecule has 0 N–H and O–H groups in total. The van der Waals surface area contributed by atoms with Crippen molar-refractivity contribution >= 4 is 48.1 Å². The van der Waals surface area contributed by atoms with Crippen LogP contribution in [0, 0.1) is 10.1 Å². The quantitative estimate of drug-likeness (QED) is 0.413. The van der Waals surface area contributed by atoms with Gasteiger partial charge in [-0.05, 0) is 18.2 Å². The number of carbonyl (C=O) groups excluding carboxylic acids is 1. The van der Waals surface area contributed by atoms with Crippen molar-refractivity contribution in [2.24, 2.45) is 0 Å². The monoisotopic (exact) mass is 435 g/mol. The van der Waals surface area contributed by atoms with Gasteiger partial charge in [0.2, 0.25) is 0 Å². The van der Waals surface area contributed by atoms with Gasteiger partial charge in [-0.2, -0.15) is 0 Å². The number of fused-ring (bicyclic) bond motifs is 1.